The number of carbonyl (C=O) groups is 3. The second kappa shape index (κ2) is 9.17. The number of benzene rings is 3. The first kappa shape index (κ1) is 20.2. The fourth-order valence-corrected chi connectivity index (χ4v) is 3.29. The van der Waals surface area contributed by atoms with E-state index < -0.39 is 11.8 Å². The van der Waals surface area contributed by atoms with Gasteiger partial charge in [0.15, 0.2) is 11.5 Å². The van der Waals surface area contributed by atoms with Gasteiger partial charge < -0.3 is 14.8 Å². The number of ether oxygens (including phenoxy) is 2. The van der Waals surface area contributed by atoms with Crippen molar-refractivity contribution in [3.63, 3.8) is 0 Å². The lowest BCUT2D eigenvalue weighted by molar-refractivity contribution is -0.126. The van der Waals surface area contributed by atoms with Gasteiger partial charge in [0.1, 0.15) is 13.2 Å². The monoisotopic (exact) mass is 419 g/mol. The van der Waals surface area contributed by atoms with E-state index in [-0.39, 0.29) is 18.9 Å². The molecule has 3 aromatic carbocycles. The molecule has 3 N–H and O–H groups in total. The van der Waals surface area contributed by atoms with Gasteiger partial charge in [0, 0.05) is 5.56 Å². The third-order valence-corrected chi connectivity index (χ3v) is 4.80. The fourth-order valence-electron chi connectivity index (χ4n) is 3.29. The Hall–Kier alpha value is -4.07. The van der Waals surface area contributed by atoms with Gasteiger partial charge in [0.05, 0.1) is 13.0 Å². The number of nitrogens with one attached hydrogen (secondary N) is 3. The lowest BCUT2D eigenvalue weighted by Crippen LogP contribution is -2.46. The predicted octanol–water partition coefficient (Wildman–Crippen LogP) is 1.73. The van der Waals surface area contributed by atoms with Crippen molar-refractivity contribution in [1.29, 1.82) is 0 Å². The van der Waals surface area contributed by atoms with Crippen LogP contribution in [0, 0.1) is 0 Å². The molecule has 0 bridgehead atoms. The lowest BCUT2D eigenvalue weighted by atomic mass is 10.0. The van der Waals surface area contributed by atoms with Crippen LogP contribution in [0.1, 0.15) is 15.9 Å². The maximum Gasteiger partial charge on any atom is 0.269 e. The van der Waals surface area contributed by atoms with Crippen LogP contribution in [0.25, 0.3) is 10.8 Å². The molecular formula is C23H21N3O5. The number of hydrogen-bond donors (Lipinski definition) is 3. The van der Waals surface area contributed by atoms with E-state index in [4.69, 9.17) is 9.47 Å². The summed E-state index contributed by atoms with van der Waals surface area (Å²) in [6.45, 7) is 0.610. The summed E-state index contributed by atoms with van der Waals surface area (Å²) in [5.41, 5.74) is 5.79. The van der Waals surface area contributed by atoms with E-state index >= 15 is 0 Å². The van der Waals surface area contributed by atoms with Crippen LogP contribution in [-0.4, -0.2) is 37.5 Å². The molecule has 8 heteroatoms. The number of fused-ring (bicyclic) bond motifs is 2. The Morgan fingerprint density at radius 2 is 1.58 bits per heavy atom. The van der Waals surface area contributed by atoms with Gasteiger partial charge >= 0.3 is 0 Å². The number of hydrazine groups is 1. The SMILES string of the molecule is O=C(Cc1cccc2ccccc12)NCC(=O)NNC(=O)c1ccc2c(c1)OCCO2. The van der Waals surface area contributed by atoms with Crippen LogP contribution in [0.2, 0.25) is 0 Å². The van der Waals surface area contributed by atoms with E-state index in [0.717, 1.165) is 16.3 Å². The van der Waals surface area contributed by atoms with Crippen molar-refractivity contribution in [2.45, 2.75) is 6.42 Å². The van der Waals surface area contributed by atoms with Gasteiger partial charge in [-0.25, -0.2) is 0 Å². The molecule has 0 aliphatic carbocycles. The Morgan fingerprint density at radius 1 is 0.806 bits per heavy atom. The highest BCUT2D eigenvalue weighted by Gasteiger charge is 2.15. The highest BCUT2D eigenvalue weighted by molar-refractivity contribution is 5.96. The summed E-state index contributed by atoms with van der Waals surface area (Å²) in [5, 5.41) is 4.61. The molecule has 31 heavy (non-hydrogen) atoms. The minimum absolute atomic E-state index is 0.151. The van der Waals surface area contributed by atoms with Gasteiger partial charge in [-0.15, -0.1) is 0 Å². The molecule has 8 nitrogen and oxygen atoms in total. The standard InChI is InChI=1S/C23H21N3O5/c27-21(13-16-6-3-5-15-4-1-2-7-18(15)16)24-14-22(28)25-26-23(29)17-8-9-19-20(12-17)31-11-10-30-19/h1-9,12H,10-11,13-14H2,(H,24,27)(H,25,28)(H,26,29). The fraction of sp³-hybridized carbons (Fsp3) is 0.174. The maximum atomic E-state index is 12.3. The second-order valence-electron chi connectivity index (χ2n) is 6.95. The van der Waals surface area contributed by atoms with E-state index in [1.165, 1.54) is 0 Å². The van der Waals surface area contributed by atoms with Gasteiger partial charge in [-0.05, 0) is 34.5 Å². The zero-order valence-corrected chi connectivity index (χ0v) is 16.6. The molecule has 0 unspecified atom stereocenters. The van der Waals surface area contributed by atoms with Crippen molar-refractivity contribution in [2.75, 3.05) is 19.8 Å². The average Bonchev–Trinajstić information content (AvgIpc) is 2.81. The summed E-state index contributed by atoms with van der Waals surface area (Å²) in [6.07, 6.45) is 0.151. The normalized spacial score (nSPS) is 12.1. The molecule has 0 atom stereocenters. The molecule has 1 heterocycles. The Morgan fingerprint density at radius 3 is 2.45 bits per heavy atom. The molecule has 3 amide bonds. The average molecular weight is 419 g/mol. The zero-order valence-electron chi connectivity index (χ0n) is 16.6. The summed E-state index contributed by atoms with van der Waals surface area (Å²) < 4.78 is 10.9. The molecule has 4 rings (SSSR count). The van der Waals surface area contributed by atoms with Crippen LogP contribution >= 0.6 is 0 Å². The topological polar surface area (TPSA) is 106 Å². The minimum Gasteiger partial charge on any atom is -0.486 e. The van der Waals surface area contributed by atoms with Crippen LogP contribution in [0.3, 0.4) is 0 Å². The van der Waals surface area contributed by atoms with Crippen molar-refractivity contribution in [1.82, 2.24) is 16.2 Å². The van der Waals surface area contributed by atoms with Crippen LogP contribution in [-0.2, 0) is 16.0 Å². The van der Waals surface area contributed by atoms with Crippen molar-refractivity contribution in [2.24, 2.45) is 0 Å². The summed E-state index contributed by atoms with van der Waals surface area (Å²) in [7, 11) is 0. The van der Waals surface area contributed by atoms with Gasteiger partial charge in [-0.1, -0.05) is 42.5 Å². The van der Waals surface area contributed by atoms with Crippen LogP contribution < -0.4 is 25.6 Å². The summed E-state index contributed by atoms with van der Waals surface area (Å²) in [4.78, 5) is 36.5. The largest absolute Gasteiger partial charge is 0.486 e. The molecule has 3 aromatic rings. The van der Waals surface area contributed by atoms with Crippen LogP contribution in [0.4, 0.5) is 0 Å². The molecule has 0 spiro atoms. The molecule has 1 aliphatic heterocycles. The highest BCUT2D eigenvalue weighted by Crippen LogP contribution is 2.30. The molecule has 158 valence electrons. The van der Waals surface area contributed by atoms with E-state index in [0.29, 0.717) is 30.3 Å². The maximum absolute atomic E-state index is 12.3. The number of carbonyl (C=O) groups excluding carboxylic acids is 3. The van der Waals surface area contributed by atoms with E-state index in [9.17, 15) is 14.4 Å². The first-order valence-electron chi connectivity index (χ1n) is 9.82. The zero-order chi connectivity index (χ0) is 21.6. The van der Waals surface area contributed by atoms with Crippen molar-refractivity contribution in [3.8, 4) is 11.5 Å². The van der Waals surface area contributed by atoms with E-state index in [1.807, 2.05) is 42.5 Å². The molecule has 0 saturated carbocycles. The van der Waals surface area contributed by atoms with Gasteiger partial charge in [-0.2, -0.15) is 0 Å². The third-order valence-electron chi connectivity index (χ3n) is 4.80. The van der Waals surface area contributed by atoms with Gasteiger partial charge in [0.2, 0.25) is 5.91 Å². The van der Waals surface area contributed by atoms with E-state index in [2.05, 4.69) is 16.2 Å². The Balaban J connectivity index is 1.25. The molecule has 0 aromatic heterocycles. The molecule has 0 saturated heterocycles. The van der Waals surface area contributed by atoms with Crippen molar-refractivity contribution >= 4 is 28.5 Å². The Bertz CT molecular complexity index is 1140. The first-order chi connectivity index (χ1) is 15.1. The number of amides is 3. The summed E-state index contributed by atoms with van der Waals surface area (Å²) in [6, 6.07) is 18.3. The first-order valence-corrected chi connectivity index (χ1v) is 9.82. The molecular weight excluding hydrogens is 398 g/mol. The number of hydrogen-bond acceptors (Lipinski definition) is 5. The second-order valence-corrected chi connectivity index (χ2v) is 6.95. The lowest BCUT2D eigenvalue weighted by Gasteiger charge is -2.18. The smallest absolute Gasteiger partial charge is 0.269 e. The van der Waals surface area contributed by atoms with Crippen molar-refractivity contribution < 1.29 is 23.9 Å². The Labute approximate surface area is 178 Å². The third kappa shape index (κ3) is 4.92. The summed E-state index contributed by atoms with van der Waals surface area (Å²) in [5.74, 6) is -0.291. The highest BCUT2D eigenvalue weighted by atomic mass is 16.6. The summed E-state index contributed by atoms with van der Waals surface area (Å²) >= 11 is 0. The minimum atomic E-state index is -0.544. The van der Waals surface area contributed by atoms with Crippen LogP contribution in [0.5, 0.6) is 11.5 Å². The quantitative estimate of drug-likeness (QED) is 0.546. The van der Waals surface area contributed by atoms with Crippen molar-refractivity contribution in [3.05, 3.63) is 71.8 Å². The molecule has 0 radical (unpaired) electrons. The Kier molecular flexibility index (Phi) is 5.98. The van der Waals surface area contributed by atoms with Gasteiger partial charge in [0.25, 0.3) is 11.8 Å². The molecule has 1 aliphatic rings. The molecule has 0 fully saturated rings. The van der Waals surface area contributed by atoms with E-state index in [1.54, 1.807) is 18.2 Å². The van der Waals surface area contributed by atoms with Gasteiger partial charge in [-0.3, -0.25) is 25.2 Å². The van der Waals surface area contributed by atoms with Crippen LogP contribution in [0.15, 0.2) is 60.7 Å². The predicted molar refractivity (Wildman–Crippen MR) is 114 cm³/mol. The number of rotatable bonds is 5.